The number of fused-ring (bicyclic) bond motifs is 1. The molecule has 0 radical (unpaired) electrons. The maximum Gasteiger partial charge on any atom is 0.273 e. The Labute approximate surface area is 151 Å². The van der Waals surface area contributed by atoms with Crippen molar-refractivity contribution in [1.82, 2.24) is 14.8 Å². The molecular formula is C18H21N3O3S. The first kappa shape index (κ1) is 16.4. The third-order valence-corrected chi connectivity index (χ3v) is 5.13. The molecule has 3 heterocycles. The van der Waals surface area contributed by atoms with Gasteiger partial charge in [0.2, 0.25) is 0 Å². The predicted molar refractivity (Wildman–Crippen MR) is 95.3 cm³/mol. The van der Waals surface area contributed by atoms with E-state index in [4.69, 9.17) is 9.47 Å². The fraction of sp³-hybridized carbons (Fsp3) is 0.444. The van der Waals surface area contributed by atoms with E-state index in [0.29, 0.717) is 18.9 Å². The first-order chi connectivity index (χ1) is 12.3. The van der Waals surface area contributed by atoms with Crippen molar-refractivity contribution >= 4 is 17.2 Å². The fourth-order valence-corrected chi connectivity index (χ4v) is 3.78. The van der Waals surface area contributed by atoms with Gasteiger partial charge in [-0.3, -0.25) is 9.69 Å². The van der Waals surface area contributed by atoms with Crippen molar-refractivity contribution in [2.45, 2.75) is 13.0 Å². The van der Waals surface area contributed by atoms with E-state index in [1.165, 1.54) is 16.9 Å². The molecule has 0 bridgehead atoms. The van der Waals surface area contributed by atoms with E-state index >= 15 is 0 Å². The Morgan fingerprint density at radius 2 is 2.00 bits per heavy atom. The molecule has 25 heavy (non-hydrogen) atoms. The fourth-order valence-electron chi connectivity index (χ4n) is 3.26. The lowest BCUT2D eigenvalue weighted by molar-refractivity contribution is 0.0756. The van der Waals surface area contributed by atoms with Crippen LogP contribution >= 0.6 is 11.3 Å². The Morgan fingerprint density at radius 1 is 1.12 bits per heavy atom. The maximum absolute atomic E-state index is 12.5. The first-order valence-electron chi connectivity index (χ1n) is 8.58. The minimum atomic E-state index is 0.0439. The summed E-state index contributed by atoms with van der Waals surface area (Å²) in [5.74, 6) is 1.70. The van der Waals surface area contributed by atoms with Gasteiger partial charge in [0, 0.05) is 38.1 Å². The number of amides is 1. The minimum Gasteiger partial charge on any atom is -0.486 e. The smallest absolute Gasteiger partial charge is 0.273 e. The molecule has 4 rings (SSSR count). The number of benzene rings is 1. The van der Waals surface area contributed by atoms with Crippen LogP contribution in [-0.2, 0) is 6.54 Å². The van der Waals surface area contributed by atoms with E-state index in [9.17, 15) is 4.79 Å². The van der Waals surface area contributed by atoms with Crippen LogP contribution in [0.5, 0.6) is 11.5 Å². The Hall–Kier alpha value is -2.12. The molecule has 1 amide bonds. The van der Waals surface area contributed by atoms with E-state index in [1.54, 1.807) is 5.51 Å². The van der Waals surface area contributed by atoms with Crippen molar-refractivity contribution in [1.29, 1.82) is 0 Å². The minimum absolute atomic E-state index is 0.0439. The van der Waals surface area contributed by atoms with Crippen LogP contribution in [0, 0.1) is 0 Å². The number of aromatic nitrogens is 1. The average molecular weight is 359 g/mol. The highest BCUT2D eigenvalue weighted by Gasteiger charge is 2.22. The van der Waals surface area contributed by atoms with E-state index in [-0.39, 0.29) is 5.91 Å². The van der Waals surface area contributed by atoms with Crippen LogP contribution in [0.4, 0.5) is 0 Å². The maximum atomic E-state index is 12.5. The summed E-state index contributed by atoms with van der Waals surface area (Å²) in [6.07, 6.45) is 0.973. The molecular weight excluding hydrogens is 338 g/mol. The number of hydrogen-bond acceptors (Lipinski definition) is 6. The standard InChI is InChI=1S/C18H21N3O3S/c22-18(15-12-25-13-19-15)21-5-1-4-20(6-7-21)11-14-2-3-16-17(10-14)24-9-8-23-16/h2-3,10,12-13H,1,4-9,11H2. The molecule has 1 aromatic carbocycles. The van der Waals surface area contributed by atoms with Crippen molar-refractivity contribution in [2.24, 2.45) is 0 Å². The van der Waals surface area contributed by atoms with Crippen LogP contribution in [0.25, 0.3) is 0 Å². The van der Waals surface area contributed by atoms with Gasteiger partial charge in [0.1, 0.15) is 18.9 Å². The molecule has 6 nitrogen and oxygen atoms in total. The van der Waals surface area contributed by atoms with E-state index in [1.807, 2.05) is 16.3 Å². The Kier molecular flexibility index (Phi) is 4.85. The molecule has 2 aliphatic rings. The molecule has 0 unspecified atom stereocenters. The topological polar surface area (TPSA) is 54.9 Å². The lowest BCUT2D eigenvalue weighted by atomic mass is 10.1. The lowest BCUT2D eigenvalue weighted by Crippen LogP contribution is -2.35. The van der Waals surface area contributed by atoms with Gasteiger partial charge in [0.05, 0.1) is 5.51 Å². The summed E-state index contributed by atoms with van der Waals surface area (Å²) in [6.45, 7) is 5.44. The number of rotatable bonds is 3. The number of ether oxygens (including phenoxy) is 2. The molecule has 1 saturated heterocycles. The normalized spacial score (nSPS) is 18.0. The van der Waals surface area contributed by atoms with Crippen LogP contribution in [0.3, 0.4) is 0 Å². The first-order valence-corrected chi connectivity index (χ1v) is 9.52. The van der Waals surface area contributed by atoms with Gasteiger partial charge < -0.3 is 14.4 Å². The van der Waals surface area contributed by atoms with E-state index < -0.39 is 0 Å². The summed E-state index contributed by atoms with van der Waals surface area (Å²) in [5, 5.41) is 1.82. The van der Waals surface area contributed by atoms with Gasteiger partial charge in [0.25, 0.3) is 5.91 Å². The second-order valence-corrected chi connectivity index (χ2v) is 6.99. The quantitative estimate of drug-likeness (QED) is 0.841. The van der Waals surface area contributed by atoms with Gasteiger partial charge in [0.15, 0.2) is 11.5 Å². The van der Waals surface area contributed by atoms with Crippen LogP contribution in [0.15, 0.2) is 29.1 Å². The Morgan fingerprint density at radius 3 is 2.84 bits per heavy atom. The predicted octanol–water partition coefficient (Wildman–Crippen LogP) is 2.26. The van der Waals surface area contributed by atoms with E-state index in [0.717, 1.165) is 50.6 Å². The zero-order chi connectivity index (χ0) is 17.1. The second kappa shape index (κ2) is 7.41. The zero-order valence-electron chi connectivity index (χ0n) is 14.0. The highest BCUT2D eigenvalue weighted by atomic mass is 32.1. The van der Waals surface area contributed by atoms with Gasteiger partial charge in [-0.15, -0.1) is 11.3 Å². The van der Waals surface area contributed by atoms with Crippen LogP contribution < -0.4 is 9.47 Å². The molecule has 2 aliphatic heterocycles. The zero-order valence-corrected chi connectivity index (χ0v) is 14.8. The molecule has 2 aromatic rings. The molecule has 0 N–H and O–H groups in total. The molecule has 0 spiro atoms. The van der Waals surface area contributed by atoms with Crippen molar-refractivity contribution in [3.63, 3.8) is 0 Å². The lowest BCUT2D eigenvalue weighted by Gasteiger charge is -2.23. The Balaban J connectivity index is 1.37. The van der Waals surface area contributed by atoms with Crippen molar-refractivity contribution in [2.75, 3.05) is 39.4 Å². The largest absolute Gasteiger partial charge is 0.486 e. The number of carbonyl (C=O) groups is 1. The summed E-state index contributed by atoms with van der Waals surface area (Å²) >= 11 is 1.46. The van der Waals surface area contributed by atoms with Crippen LogP contribution in [0.1, 0.15) is 22.5 Å². The number of carbonyl (C=O) groups excluding carboxylic acids is 1. The van der Waals surface area contributed by atoms with E-state index in [2.05, 4.69) is 22.0 Å². The molecule has 0 aliphatic carbocycles. The van der Waals surface area contributed by atoms with Gasteiger partial charge in [-0.1, -0.05) is 6.07 Å². The van der Waals surface area contributed by atoms with Gasteiger partial charge >= 0.3 is 0 Å². The average Bonchev–Trinajstić information content (AvgIpc) is 3.08. The number of thiazole rings is 1. The molecule has 0 atom stereocenters. The summed E-state index contributed by atoms with van der Waals surface area (Å²) in [4.78, 5) is 20.9. The van der Waals surface area contributed by atoms with Gasteiger partial charge in [-0.25, -0.2) is 4.98 Å². The molecule has 0 saturated carbocycles. The summed E-state index contributed by atoms with van der Waals surface area (Å²) in [6, 6.07) is 6.15. The summed E-state index contributed by atoms with van der Waals surface area (Å²) < 4.78 is 11.2. The van der Waals surface area contributed by atoms with Gasteiger partial charge in [-0.2, -0.15) is 0 Å². The van der Waals surface area contributed by atoms with Crippen molar-refractivity contribution in [3.8, 4) is 11.5 Å². The van der Waals surface area contributed by atoms with Crippen LogP contribution in [0.2, 0.25) is 0 Å². The molecule has 1 aromatic heterocycles. The molecule has 132 valence electrons. The van der Waals surface area contributed by atoms with Crippen LogP contribution in [-0.4, -0.2) is 60.1 Å². The number of hydrogen-bond donors (Lipinski definition) is 0. The third-order valence-electron chi connectivity index (χ3n) is 4.54. The Bertz CT molecular complexity index is 735. The number of nitrogens with zero attached hydrogens (tertiary/aromatic N) is 3. The monoisotopic (exact) mass is 359 g/mol. The summed E-state index contributed by atoms with van der Waals surface area (Å²) in [5.41, 5.74) is 3.48. The summed E-state index contributed by atoms with van der Waals surface area (Å²) in [7, 11) is 0. The van der Waals surface area contributed by atoms with Gasteiger partial charge in [-0.05, 0) is 24.1 Å². The second-order valence-electron chi connectivity index (χ2n) is 6.27. The third kappa shape index (κ3) is 3.77. The molecule has 7 heteroatoms. The highest BCUT2D eigenvalue weighted by Crippen LogP contribution is 2.31. The molecule has 1 fully saturated rings. The van der Waals surface area contributed by atoms with Crippen molar-refractivity contribution < 1.29 is 14.3 Å². The van der Waals surface area contributed by atoms with Crippen molar-refractivity contribution in [3.05, 3.63) is 40.3 Å². The SMILES string of the molecule is O=C(c1cscn1)N1CCCN(Cc2ccc3c(c2)OCCO3)CC1. The highest BCUT2D eigenvalue weighted by molar-refractivity contribution is 7.07.